The number of benzene rings is 2. The summed E-state index contributed by atoms with van der Waals surface area (Å²) in [6.07, 6.45) is 4.82. The van der Waals surface area contributed by atoms with E-state index >= 15 is 0 Å². The second kappa shape index (κ2) is 9.88. The van der Waals surface area contributed by atoms with Crippen molar-refractivity contribution in [2.24, 2.45) is 10.7 Å². The second-order valence-electron chi connectivity index (χ2n) is 7.55. The minimum absolute atomic E-state index is 0.532. The standard InChI is InChI=1S/C23H27N7OS/c1-25-12-16(11-24)15-8-19-22(20(9-15)31-7-6-30(2)3)23(27-13-26-19)29-17-4-5-18-21(10-17)32-14-28-18/h4-5,8-13,28H,6-7,14,24H2,1-3H3,(H,26,27,29)/b16-11+,25-12?. The smallest absolute Gasteiger partial charge is 0.145 e. The van der Waals surface area contributed by atoms with Crippen LogP contribution in [-0.4, -0.2) is 61.3 Å². The van der Waals surface area contributed by atoms with Crippen molar-refractivity contribution in [2.75, 3.05) is 50.8 Å². The molecular weight excluding hydrogens is 422 g/mol. The number of nitrogens with one attached hydrogen (secondary N) is 2. The molecule has 3 aromatic rings. The predicted molar refractivity (Wildman–Crippen MR) is 134 cm³/mol. The Labute approximate surface area is 192 Å². The number of nitrogens with zero attached hydrogens (tertiary/aromatic N) is 4. The lowest BCUT2D eigenvalue weighted by Crippen LogP contribution is -2.19. The normalized spacial score (nSPS) is 13.6. The highest BCUT2D eigenvalue weighted by molar-refractivity contribution is 7.99. The summed E-state index contributed by atoms with van der Waals surface area (Å²) in [6, 6.07) is 10.2. The molecular formula is C23H27N7OS. The molecule has 0 spiro atoms. The van der Waals surface area contributed by atoms with Crippen molar-refractivity contribution in [3.8, 4) is 5.75 Å². The van der Waals surface area contributed by atoms with Crippen molar-refractivity contribution in [3.63, 3.8) is 0 Å². The molecule has 8 nitrogen and oxygen atoms in total. The number of nitrogens with two attached hydrogens (primary N) is 1. The predicted octanol–water partition coefficient (Wildman–Crippen LogP) is 3.79. The minimum Gasteiger partial charge on any atom is -0.491 e. The van der Waals surface area contributed by atoms with Gasteiger partial charge in [0.25, 0.3) is 0 Å². The van der Waals surface area contributed by atoms with Gasteiger partial charge in [-0.3, -0.25) is 4.99 Å². The number of rotatable bonds is 8. The summed E-state index contributed by atoms with van der Waals surface area (Å²) >= 11 is 1.78. The van der Waals surface area contributed by atoms with Gasteiger partial charge in [0.15, 0.2) is 0 Å². The topological polar surface area (TPSA) is 101 Å². The lowest BCUT2D eigenvalue weighted by molar-refractivity contribution is 0.263. The van der Waals surface area contributed by atoms with E-state index in [2.05, 4.69) is 42.6 Å². The van der Waals surface area contributed by atoms with E-state index in [4.69, 9.17) is 10.5 Å². The molecule has 1 aromatic heterocycles. The van der Waals surface area contributed by atoms with Crippen LogP contribution in [0.4, 0.5) is 17.2 Å². The maximum atomic E-state index is 6.21. The van der Waals surface area contributed by atoms with E-state index in [1.54, 1.807) is 31.4 Å². The SMILES string of the molecule is CN=C/C(=C\N)c1cc(OCCN(C)C)c2c(Nc3ccc4c(c3)SCN4)ncnc2c1. The van der Waals surface area contributed by atoms with E-state index < -0.39 is 0 Å². The Morgan fingerprint density at radius 2 is 2.19 bits per heavy atom. The van der Waals surface area contributed by atoms with E-state index in [1.165, 1.54) is 11.1 Å². The van der Waals surface area contributed by atoms with E-state index in [0.29, 0.717) is 18.2 Å². The largest absolute Gasteiger partial charge is 0.491 e. The maximum absolute atomic E-state index is 6.21. The number of hydrogen-bond donors (Lipinski definition) is 3. The van der Waals surface area contributed by atoms with Crippen LogP contribution in [0, 0.1) is 0 Å². The van der Waals surface area contributed by atoms with Crippen LogP contribution >= 0.6 is 11.8 Å². The zero-order chi connectivity index (χ0) is 22.5. The molecule has 0 aliphatic carbocycles. The highest BCUT2D eigenvalue weighted by Gasteiger charge is 2.16. The van der Waals surface area contributed by atoms with Crippen molar-refractivity contribution in [2.45, 2.75) is 4.90 Å². The van der Waals surface area contributed by atoms with Gasteiger partial charge >= 0.3 is 0 Å². The lowest BCUT2D eigenvalue weighted by Gasteiger charge is -2.16. The highest BCUT2D eigenvalue weighted by Crippen LogP contribution is 2.38. The van der Waals surface area contributed by atoms with Crippen molar-refractivity contribution in [3.05, 3.63) is 48.4 Å². The molecule has 1 aliphatic rings. The van der Waals surface area contributed by atoms with Crippen LogP contribution in [0.5, 0.6) is 5.75 Å². The fourth-order valence-corrected chi connectivity index (χ4v) is 4.30. The van der Waals surface area contributed by atoms with Gasteiger partial charge in [0, 0.05) is 47.9 Å². The minimum atomic E-state index is 0.532. The fraction of sp³-hybridized carbons (Fsp3) is 0.261. The molecule has 4 N–H and O–H groups in total. The van der Waals surface area contributed by atoms with Crippen molar-refractivity contribution >= 4 is 51.6 Å². The van der Waals surface area contributed by atoms with Crippen molar-refractivity contribution in [1.82, 2.24) is 14.9 Å². The van der Waals surface area contributed by atoms with Gasteiger partial charge in [-0.1, -0.05) is 0 Å². The van der Waals surface area contributed by atoms with Crippen LogP contribution in [0.3, 0.4) is 0 Å². The first-order valence-corrected chi connectivity index (χ1v) is 11.3. The molecule has 2 heterocycles. The summed E-state index contributed by atoms with van der Waals surface area (Å²) in [7, 11) is 5.75. The summed E-state index contributed by atoms with van der Waals surface area (Å²) in [5.74, 6) is 2.28. The zero-order valence-corrected chi connectivity index (χ0v) is 19.2. The van der Waals surface area contributed by atoms with Crippen LogP contribution < -0.4 is 21.1 Å². The van der Waals surface area contributed by atoms with Gasteiger partial charge in [-0.25, -0.2) is 9.97 Å². The lowest BCUT2D eigenvalue weighted by atomic mass is 10.0. The summed E-state index contributed by atoms with van der Waals surface area (Å²) < 4.78 is 6.21. The average Bonchev–Trinajstić information content (AvgIpc) is 3.25. The summed E-state index contributed by atoms with van der Waals surface area (Å²) in [5.41, 5.74) is 10.4. The maximum Gasteiger partial charge on any atom is 0.145 e. The van der Waals surface area contributed by atoms with Crippen molar-refractivity contribution < 1.29 is 4.74 Å². The third-order valence-corrected chi connectivity index (χ3v) is 5.95. The van der Waals surface area contributed by atoms with Crippen LogP contribution in [0.15, 0.2) is 52.7 Å². The van der Waals surface area contributed by atoms with Crippen LogP contribution in [0.25, 0.3) is 16.5 Å². The first-order valence-electron chi connectivity index (χ1n) is 10.3. The highest BCUT2D eigenvalue weighted by atomic mass is 32.2. The average molecular weight is 450 g/mol. The third kappa shape index (κ3) is 4.79. The Morgan fingerprint density at radius 1 is 1.31 bits per heavy atom. The van der Waals surface area contributed by atoms with Crippen LogP contribution in [0.2, 0.25) is 0 Å². The van der Waals surface area contributed by atoms with E-state index in [9.17, 15) is 0 Å². The first-order chi connectivity index (χ1) is 15.6. The molecule has 1 aliphatic heterocycles. The first kappa shape index (κ1) is 21.9. The van der Waals surface area contributed by atoms with Gasteiger partial charge in [0.2, 0.25) is 0 Å². The Morgan fingerprint density at radius 3 is 2.97 bits per heavy atom. The molecule has 0 saturated heterocycles. The van der Waals surface area contributed by atoms with Gasteiger partial charge in [-0.2, -0.15) is 0 Å². The summed E-state index contributed by atoms with van der Waals surface area (Å²) in [5, 5.41) is 7.64. The number of ether oxygens (including phenoxy) is 1. The Kier molecular flexibility index (Phi) is 6.77. The monoisotopic (exact) mass is 449 g/mol. The molecule has 4 rings (SSSR count). The number of hydrogen-bond acceptors (Lipinski definition) is 9. The molecule has 166 valence electrons. The molecule has 0 amide bonds. The number of anilines is 3. The van der Waals surface area contributed by atoms with E-state index in [0.717, 1.165) is 45.8 Å². The Bertz CT molecular complexity index is 1180. The van der Waals surface area contributed by atoms with E-state index in [1.807, 2.05) is 32.3 Å². The third-order valence-electron chi connectivity index (χ3n) is 5.01. The van der Waals surface area contributed by atoms with Crippen LogP contribution in [-0.2, 0) is 0 Å². The molecule has 0 fully saturated rings. The number of allylic oxidation sites excluding steroid dienone is 1. The number of aromatic nitrogens is 2. The molecule has 0 unspecified atom stereocenters. The summed E-state index contributed by atoms with van der Waals surface area (Å²) in [4.78, 5) is 16.4. The van der Waals surface area contributed by atoms with Crippen LogP contribution in [0.1, 0.15) is 5.56 Å². The second-order valence-corrected chi connectivity index (χ2v) is 8.57. The van der Waals surface area contributed by atoms with E-state index in [-0.39, 0.29) is 0 Å². The quantitative estimate of drug-likeness (QED) is 0.447. The molecule has 32 heavy (non-hydrogen) atoms. The van der Waals surface area contributed by atoms with Gasteiger partial charge in [0.1, 0.15) is 24.5 Å². The number of fused-ring (bicyclic) bond motifs is 2. The molecule has 0 radical (unpaired) electrons. The number of aliphatic imine (C=N–C) groups is 1. The Balaban J connectivity index is 1.77. The molecule has 0 atom stereocenters. The van der Waals surface area contributed by atoms with Gasteiger partial charge < -0.3 is 26.0 Å². The molecule has 0 bridgehead atoms. The molecule has 0 saturated carbocycles. The molecule has 2 aromatic carbocycles. The summed E-state index contributed by atoms with van der Waals surface area (Å²) in [6.45, 7) is 1.32. The molecule has 9 heteroatoms. The number of thioether (sulfide) groups is 1. The van der Waals surface area contributed by atoms with Crippen molar-refractivity contribution in [1.29, 1.82) is 0 Å². The zero-order valence-electron chi connectivity index (χ0n) is 18.4. The fourth-order valence-electron chi connectivity index (χ4n) is 3.41. The van der Waals surface area contributed by atoms with Gasteiger partial charge in [-0.05, 0) is 50.0 Å². The Hall–Kier alpha value is -3.30. The van der Waals surface area contributed by atoms with Gasteiger partial charge in [0.05, 0.1) is 16.8 Å². The van der Waals surface area contributed by atoms with Gasteiger partial charge in [-0.15, -0.1) is 11.8 Å². The number of likely N-dealkylation sites (N-methyl/N-ethyl adjacent to an activating group) is 1.